The fraction of sp³-hybridized carbons (Fsp3) is 0.462. The first-order chi connectivity index (χ1) is 8.09. The number of carbonyl (C=O) groups excluding carboxylic acids is 1. The third-order valence-electron chi connectivity index (χ3n) is 3.28. The lowest BCUT2D eigenvalue weighted by molar-refractivity contribution is 0.0818. The molecule has 1 atom stereocenters. The fourth-order valence-corrected chi connectivity index (χ4v) is 2.50. The molecule has 1 aromatic rings. The minimum absolute atomic E-state index is 0.0447. The second-order valence-electron chi connectivity index (χ2n) is 4.52. The van der Waals surface area contributed by atoms with Gasteiger partial charge in [-0.25, -0.2) is 0 Å². The molecule has 0 spiro atoms. The summed E-state index contributed by atoms with van der Waals surface area (Å²) in [7, 11) is 2.01. The van der Waals surface area contributed by atoms with E-state index in [0.717, 1.165) is 35.2 Å². The average Bonchev–Trinajstić information content (AvgIpc) is 2.32. The summed E-state index contributed by atoms with van der Waals surface area (Å²) in [6.07, 6.45) is 0. The summed E-state index contributed by atoms with van der Waals surface area (Å²) in [5, 5.41) is 3.28. The first-order valence-corrected chi connectivity index (χ1v) is 6.60. The van der Waals surface area contributed by atoms with E-state index in [1.54, 1.807) is 0 Å². The number of hydrogen-bond donors (Lipinski definition) is 1. The van der Waals surface area contributed by atoms with Crippen LogP contribution in [0.3, 0.4) is 0 Å². The van der Waals surface area contributed by atoms with Crippen molar-refractivity contribution in [1.29, 1.82) is 0 Å². The molecule has 1 heterocycles. The van der Waals surface area contributed by atoms with Crippen LogP contribution in [0.5, 0.6) is 0 Å². The van der Waals surface area contributed by atoms with Crippen LogP contribution in [0.1, 0.15) is 15.9 Å². The van der Waals surface area contributed by atoms with Crippen LogP contribution in [0.2, 0.25) is 0 Å². The van der Waals surface area contributed by atoms with Gasteiger partial charge in [0.1, 0.15) is 0 Å². The Morgan fingerprint density at radius 2 is 2.29 bits per heavy atom. The van der Waals surface area contributed by atoms with Gasteiger partial charge in [-0.1, -0.05) is 22.0 Å². The molecular weight excluding hydrogens is 280 g/mol. The quantitative estimate of drug-likeness (QED) is 0.846. The van der Waals surface area contributed by atoms with Gasteiger partial charge in [-0.15, -0.1) is 0 Å². The number of ketones is 1. The number of halogens is 1. The van der Waals surface area contributed by atoms with E-state index in [-0.39, 0.29) is 11.8 Å². The van der Waals surface area contributed by atoms with Crippen molar-refractivity contribution in [2.24, 2.45) is 0 Å². The van der Waals surface area contributed by atoms with Crippen molar-refractivity contribution in [2.75, 3.05) is 26.7 Å². The second kappa shape index (κ2) is 5.29. The van der Waals surface area contributed by atoms with Gasteiger partial charge in [0.25, 0.3) is 0 Å². The van der Waals surface area contributed by atoms with Crippen molar-refractivity contribution in [3.8, 4) is 0 Å². The van der Waals surface area contributed by atoms with Gasteiger partial charge in [-0.3, -0.25) is 9.69 Å². The van der Waals surface area contributed by atoms with Crippen LogP contribution >= 0.6 is 15.9 Å². The number of aryl methyl sites for hydroxylation is 1. The van der Waals surface area contributed by atoms with Crippen LogP contribution < -0.4 is 5.32 Å². The molecule has 92 valence electrons. The lowest BCUT2D eigenvalue weighted by Gasteiger charge is -2.32. The number of rotatable bonds is 2. The number of carbonyl (C=O) groups is 1. The number of piperazine rings is 1. The predicted molar refractivity (Wildman–Crippen MR) is 72.5 cm³/mol. The maximum atomic E-state index is 12.5. The molecule has 1 N–H and O–H groups in total. The molecule has 17 heavy (non-hydrogen) atoms. The van der Waals surface area contributed by atoms with Gasteiger partial charge in [-0.05, 0) is 31.7 Å². The Hall–Kier alpha value is -0.710. The van der Waals surface area contributed by atoms with Gasteiger partial charge in [0.15, 0.2) is 5.78 Å². The molecule has 1 aliphatic heterocycles. The highest BCUT2D eigenvalue weighted by Crippen LogP contribution is 2.19. The van der Waals surface area contributed by atoms with E-state index >= 15 is 0 Å². The monoisotopic (exact) mass is 296 g/mol. The molecule has 1 aliphatic rings. The van der Waals surface area contributed by atoms with Gasteiger partial charge in [0.2, 0.25) is 0 Å². The van der Waals surface area contributed by atoms with E-state index in [2.05, 4.69) is 26.1 Å². The van der Waals surface area contributed by atoms with Gasteiger partial charge in [0.05, 0.1) is 6.04 Å². The van der Waals surface area contributed by atoms with Crippen LogP contribution in [0.15, 0.2) is 22.7 Å². The van der Waals surface area contributed by atoms with Gasteiger partial charge >= 0.3 is 0 Å². The minimum Gasteiger partial charge on any atom is -0.313 e. The van der Waals surface area contributed by atoms with Crippen LogP contribution in [-0.2, 0) is 0 Å². The van der Waals surface area contributed by atoms with E-state index in [1.807, 2.05) is 32.2 Å². The Morgan fingerprint density at radius 1 is 1.53 bits per heavy atom. The van der Waals surface area contributed by atoms with Crippen molar-refractivity contribution in [3.05, 3.63) is 33.8 Å². The standard InChI is InChI=1S/C13H17BrN2O/c1-9-3-4-10(14)7-11(9)13(17)12-8-15-5-6-16(12)2/h3-4,7,12,15H,5-6,8H2,1-2H3. The predicted octanol–water partition coefficient (Wildman–Crippen LogP) is 1.84. The molecule has 3 nitrogen and oxygen atoms in total. The van der Waals surface area contributed by atoms with E-state index < -0.39 is 0 Å². The molecule has 4 heteroatoms. The average molecular weight is 297 g/mol. The van der Waals surface area contributed by atoms with Crippen molar-refractivity contribution in [1.82, 2.24) is 10.2 Å². The number of nitrogens with zero attached hydrogens (tertiary/aromatic N) is 1. The van der Waals surface area contributed by atoms with E-state index in [0.29, 0.717) is 0 Å². The molecule has 1 fully saturated rings. The zero-order chi connectivity index (χ0) is 12.4. The molecule has 0 aromatic heterocycles. The summed E-state index contributed by atoms with van der Waals surface area (Å²) in [5.41, 5.74) is 1.86. The van der Waals surface area contributed by atoms with Crippen molar-refractivity contribution < 1.29 is 4.79 Å². The number of likely N-dealkylation sites (N-methyl/N-ethyl adjacent to an activating group) is 1. The van der Waals surface area contributed by atoms with Crippen molar-refractivity contribution in [3.63, 3.8) is 0 Å². The van der Waals surface area contributed by atoms with Gasteiger partial charge in [-0.2, -0.15) is 0 Å². The number of benzene rings is 1. The van der Waals surface area contributed by atoms with Crippen molar-refractivity contribution >= 4 is 21.7 Å². The number of nitrogens with one attached hydrogen (secondary N) is 1. The minimum atomic E-state index is -0.0447. The fourth-order valence-electron chi connectivity index (χ4n) is 2.14. The lowest BCUT2D eigenvalue weighted by atomic mass is 9.98. The Kier molecular flexibility index (Phi) is 3.97. The van der Waals surface area contributed by atoms with E-state index in [9.17, 15) is 4.79 Å². The van der Waals surface area contributed by atoms with Gasteiger partial charge < -0.3 is 5.32 Å². The van der Waals surface area contributed by atoms with Crippen LogP contribution in [-0.4, -0.2) is 43.4 Å². The molecule has 0 aliphatic carbocycles. The normalized spacial score (nSPS) is 21.5. The molecule has 0 amide bonds. The van der Waals surface area contributed by atoms with E-state index in [1.165, 1.54) is 0 Å². The number of hydrogen-bond acceptors (Lipinski definition) is 3. The Balaban J connectivity index is 2.26. The lowest BCUT2D eigenvalue weighted by Crippen LogP contribution is -2.53. The molecule has 0 radical (unpaired) electrons. The van der Waals surface area contributed by atoms with Gasteiger partial charge in [0, 0.05) is 29.7 Å². The molecule has 0 bridgehead atoms. The smallest absolute Gasteiger partial charge is 0.181 e. The molecule has 1 aromatic carbocycles. The Labute approximate surface area is 110 Å². The third-order valence-corrected chi connectivity index (χ3v) is 3.77. The summed E-state index contributed by atoms with van der Waals surface area (Å²) in [4.78, 5) is 14.6. The maximum absolute atomic E-state index is 12.5. The molecular formula is C13H17BrN2O. The first-order valence-electron chi connectivity index (χ1n) is 5.81. The maximum Gasteiger partial charge on any atom is 0.181 e. The SMILES string of the molecule is Cc1ccc(Br)cc1C(=O)C1CNCCN1C. The highest BCUT2D eigenvalue weighted by Gasteiger charge is 2.27. The zero-order valence-electron chi connectivity index (χ0n) is 10.2. The topological polar surface area (TPSA) is 32.3 Å². The third kappa shape index (κ3) is 2.76. The Morgan fingerprint density at radius 3 is 3.00 bits per heavy atom. The second-order valence-corrected chi connectivity index (χ2v) is 5.44. The molecule has 1 unspecified atom stereocenters. The summed E-state index contributed by atoms with van der Waals surface area (Å²) in [6.45, 7) is 4.60. The summed E-state index contributed by atoms with van der Waals surface area (Å²) >= 11 is 3.42. The first kappa shape index (κ1) is 12.7. The van der Waals surface area contributed by atoms with Crippen LogP contribution in [0, 0.1) is 6.92 Å². The largest absolute Gasteiger partial charge is 0.313 e. The van der Waals surface area contributed by atoms with E-state index in [4.69, 9.17) is 0 Å². The van der Waals surface area contributed by atoms with Crippen LogP contribution in [0.4, 0.5) is 0 Å². The number of Topliss-reactive ketones (excluding diaryl/α,β-unsaturated/α-hetero) is 1. The summed E-state index contributed by atoms with van der Waals surface area (Å²) < 4.78 is 0.956. The van der Waals surface area contributed by atoms with Crippen LogP contribution in [0.25, 0.3) is 0 Å². The molecule has 0 saturated carbocycles. The highest BCUT2D eigenvalue weighted by atomic mass is 79.9. The van der Waals surface area contributed by atoms with Crippen molar-refractivity contribution in [2.45, 2.75) is 13.0 Å². The summed E-state index contributed by atoms with van der Waals surface area (Å²) in [5.74, 6) is 0.207. The highest BCUT2D eigenvalue weighted by molar-refractivity contribution is 9.10. The summed E-state index contributed by atoms with van der Waals surface area (Å²) in [6, 6.07) is 5.82. The molecule has 2 rings (SSSR count). The zero-order valence-corrected chi connectivity index (χ0v) is 11.8. The Bertz CT molecular complexity index is 433. The molecule has 1 saturated heterocycles.